The highest BCUT2D eigenvalue weighted by molar-refractivity contribution is 7.99. The number of hydrogen-bond donors (Lipinski definition) is 0. The minimum atomic E-state index is -0.188. The van der Waals surface area contributed by atoms with Crippen LogP contribution < -0.4 is 5.56 Å². The van der Waals surface area contributed by atoms with E-state index in [2.05, 4.69) is 29.2 Å². The summed E-state index contributed by atoms with van der Waals surface area (Å²) in [7, 11) is 0. The molecule has 1 aliphatic rings. The molecule has 196 valence electrons. The van der Waals surface area contributed by atoms with Crippen molar-refractivity contribution in [2.45, 2.75) is 24.5 Å². The molecule has 1 aromatic heterocycles. The lowest BCUT2D eigenvalue weighted by molar-refractivity contribution is -0.133. The molecule has 4 aromatic rings. The van der Waals surface area contributed by atoms with Gasteiger partial charge in [-0.3, -0.25) is 19.1 Å². The molecule has 0 saturated carbocycles. The van der Waals surface area contributed by atoms with Gasteiger partial charge in [0.2, 0.25) is 5.91 Å². The van der Waals surface area contributed by atoms with Gasteiger partial charge < -0.3 is 4.90 Å². The second-order valence-corrected chi connectivity index (χ2v) is 11.1. The van der Waals surface area contributed by atoms with Crippen LogP contribution in [-0.2, 0) is 11.3 Å². The van der Waals surface area contributed by atoms with Crippen molar-refractivity contribution in [2.75, 3.05) is 31.9 Å². The normalized spacial score (nSPS) is 14.2. The van der Waals surface area contributed by atoms with Gasteiger partial charge in [0.15, 0.2) is 5.16 Å². The molecule has 6 nitrogen and oxygen atoms in total. The maximum atomic E-state index is 13.4. The van der Waals surface area contributed by atoms with Crippen molar-refractivity contribution < 1.29 is 4.79 Å². The average Bonchev–Trinajstić information content (AvgIpc) is 2.93. The third-order valence-electron chi connectivity index (χ3n) is 6.64. The third-order valence-corrected chi connectivity index (χ3v) is 8.20. The molecule has 3 aromatic carbocycles. The Balaban J connectivity index is 1.21. The van der Waals surface area contributed by atoms with Gasteiger partial charge in [-0.05, 0) is 42.3 Å². The highest BCUT2D eigenvalue weighted by Crippen LogP contribution is 2.28. The number of aromatic nitrogens is 2. The van der Waals surface area contributed by atoms with E-state index in [1.807, 2.05) is 29.2 Å². The number of para-hydroxylation sites is 1. The van der Waals surface area contributed by atoms with Gasteiger partial charge in [-0.15, -0.1) is 0 Å². The van der Waals surface area contributed by atoms with Crippen LogP contribution in [0.5, 0.6) is 0 Å². The molecule has 0 unspecified atom stereocenters. The Morgan fingerprint density at radius 1 is 0.921 bits per heavy atom. The predicted molar refractivity (Wildman–Crippen MR) is 156 cm³/mol. The number of benzene rings is 3. The molecule has 0 radical (unpaired) electrons. The number of fused-ring (bicyclic) bond motifs is 1. The van der Waals surface area contributed by atoms with Crippen LogP contribution in [0.2, 0.25) is 10.0 Å². The molecule has 1 saturated heterocycles. The average molecular weight is 568 g/mol. The van der Waals surface area contributed by atoms with Crippen molar-refractivity contribution >= 4 is 51.8 Å². The Labute approximate surface area is 236 Å². The predicted octanol–water partition coefficient (Wildman–Crippen LogP) is 5.91. The Morgan fingerprint density at radius 2 is 1.66 bits per heavy atom. The van der Waals surface area contributed by atoms with E-state index in [0.717, 1.165) is 32.7 Å². The first-order valence-corrected chi connectivity index (χ1v) is 14.4. The maximum Gasteiger partial charge on any atom is 0.266 e. The van der Waals surface area contributed by atoms with Crippen LogP contribution in [0.1, 0.15) is 18.4 Å². The van der Waals surface area contributed by atoms with Crippen LogP contribution in [0.4, 0.5) is 0 Å². The van der Waals surface area contributed by atoms with Crippen LogP contribution in [0.3, 0.4) is 0 Å². The Morgan fingerprint density at radius 3 is 2.42 bits per heavy atom. The minimum absolute atomic E-state index is 0.176. The number of rotatable bonds is 8. The van der Waals surface area contributed by atoms with E-state index in [1.165, 1.54) is 17.3 Å². The highest BCUT2D eigenvalue weighted by atomic mass is 35.5. The van der Waals surface area contributed by atoms with Crippen LogP contribution >= 0.6 is 35.0 Å². The van der Waals surface area contributed by atoms with Crippen LogP contribution in [-0.4, -0.2) is 57.2 Å². The number of halogens is 2. The molecule has 1 aliphatic heterocycles. The van der Waals surface area contributed by atoms with E-state index < -0.39 is 0 Å². The molecule has 0 N–H and O–H groups in total. The van der Waals surface area contributed by atoms with Gasteiger partial charge >= 0.3 is 0 Å². The van der Waals surface area contributed by atoms with Gasteiger partial charge in [0.25, 0.3) is 5.56 Å². The van der Waals surface area contributed by atoms with E-state index in [4.69, 9.17) is 28.2 Å². The van der Waals surface area contributed by atoms with Gasteiger partial charge in [-0.25, -0.2) is 4.98 Å². The highest BCUT2D eigenvalue weighted by Gasteiger charge is 2.21. The van der Waals surface area contributed by atoms with Crippen molar-refractivity contribution in [2.24, 2.45) is 0 Å². The first kappa shape index (κ1) is 26.8. The lowest BCUT2D eigenvalue weighted by atomic mass is 10.2. The molecular formula is C29H28Cl2N4O2S. The van der Waals surface area contributed by atoms with Crippen molar-refractivity contribution in [1.29, 1.82) is 0 Å². The fourth-order valence-electron chi connectivity index (χ4n) is 4.63. The SMILES string of the molecule is O=C(CCCSc1nc2ccccc2c(=O)n1-c1ccc(Cl)cc1Cl)N1CCN(Cc2ccccc2)CC1. The van der Waals surface area contributed by atoms with E-state index in [-0.39, 0.29) is 11.5 Å². The number of carbonyl (C=O) groups excluding carboxylic acids is 1. The fourth-order valence-corrected chi connectivity index (χ4v) is 6.06. The molecule has 1 fully saturated rings. The number of nitrogens with zero attached hydrogens (tertiary/aromatic N) is 4. The van der Waals surface area contributed by atoms with Crippen LogP contribution in [0, 0.1) is 0 Å². The smallest absolute Gasteiger partial charge is 0.266 e. The van der Waals surface area contributed by atoms with Crippen molar-refractivity contribution in [3.8, 4) is 5.69 Å². The largest absolute Gasteiger partial charge is 0.340 e. The molecule has 38 heavy (non-hydrogen) atoms. The van der Waals surface area contributed by atoms with Crippen LogP contribution in [0.25, 0.3) is 16.6 Å². The third kappa shape index (κ3) is 6.24. The monoisotopic (exact) mass is 566 g/mol. The van der Waals surface area contributed by atoms with E-state index in [9.17, 15) is 9.59 Å². The van der Waals surface area contributed by atoms with Crippen molar-refractivity contribution in [3.05, 3.63) is 98.8 Å². The zero-order valence-corrected chi connectivity index (χ0v) is 23.2. The van der Waals surface area contributed by atoms with Gasteiger partial charge in [0.1, 0.15) is 0 Å². The summed E-state index contributed by atoms with van der Waals surface area (Å²) in [6, 6.07) is 22.7. The topological polar surface area (TPSA) is 58.4 Å². The maximum absolute atomic E-state index is 13.4. The van der Waals surface area contributed by atoms with Gasteiger partial charge in [0.05, 0.1) is 21.6 Å². The zero-order valence-electron chi connectivity index (χ0n) is 20.9. The number of piperazine rings is 1. The summed E-state index contributed by atoms with van der Waals surface area (Å²) < 4.78 is 1.54. The van der Waals surface area contributed by atoms with Gasteiger partial charge in [-0.2, -0.15) is 0 Å². The Bertz CT molecular complexity index is 1490. The van der Waals surface area contributed by atoms with E-state index in [1.54, 1.807) is 28.8 Å². The summed E-state index contributed by atoms with van der Waals surface area (Å²) in [6.45, 7) is 4.17. The molecule has 0 spiro atoms. The van der Waals surface area contributed by atoms with E-state index in [0.29, 0.717) is 50.4 Å². The van der Waals surface area contributed by atoms with Crippen LogP contribution in [0.15, 0.2) is 82.7 Å². The summed E-state index contributed by atoms with van der Waals surface area (Å²) in [4.78, 5) is 35.4. The van der Waals surface area contributed by atoms with Crippen molar-refractivity contribution in [3.63, 3.8) is 0 Å². The molecule has 2 heterocycles. The van der Waals surface area contributed by atoms with Crippen molar-refractivity contribution in [1.82, 2.24) is 19.4 Å². The molecule has 0 aliphatic carbocycles. The molecular weight excluding hydrogens is 539 g/mol. The molecule has 0 atom stereocenters. The number of amides is 1. The number of carbonyl (C=O) groups is 1. The summed E-state index contributed by atoms with van der Waals surface area (Å²) in [6.07, 6.45) is 1.15. The molecule has 0 bridgehead atoms. The lowest BCUT2D eigenvalue weighted by Crippen LogP contribution is -2.48. The Hall–Kier alpha value is -2.84. The van der Waals surface area contributed by atoms with Gasteiger partial charge in [-0.1, -0.05) is 77.4 Å². The fraction of sp³-hybridized carbons (Fsp3) is 0.276. The first-order valence-electron chi connectivity index (χ1n) is 12.6. The number of hydrogen-bond acceptors (Lipinski definition) is 5. The second-order valence-electron chi connectivity index (χ2n) is 9.24. The summed E-state index contributed by atoms with van der Waals surface area (Å²) >= 11 is 14.0. The summed E-state index contributed by atoms with van der Waals surface area (Å²) in [5.41, 5.74) is 2.27. The quantitative estimate of drug-likeness (QED) is 0.151. The molecule has 1 amide bonds. The number of thioether (sulfide) groups is 1. The molecule has 5 rings (SSSR count). The first-order chi connectivity index (χ1) is 18.5. The minimum Gasteiger partial charge on any atom is -0.340 e. The van der Waals surface area contributed by atoms with Gasteiger partial charge in [0, 0.05) is 49.9 Å². The van der Waals surface area contributed by atoms with E-state index >= 15 is 0 Å². The second kappa shape index (κ2) is 12.3. The molecule has 9 heteroatoms. The lowest BCUT2D eigenvalue weighted by Gasteiger charge is -2.34. The Kier molecular flexibility index (Phi) is 8.69. The standard InChI is InChI=1S/C29H28Cl2N4O2S/c30-22-12-13-26(24(31)19-22)35-28(37)23-9-4-5-10-25(23)32-29(35)38-18-6-11-27(36)34-16-14-33(15-17-34)20-21-7-2-1-3-8-21/h1-5,7-10,12-13,19H,6,11,14-18,20H2. The summed E-state index contributed by atoms with van der Waals surface area (Å²) in [5, 5.41) is 1.93. The zero-order chi connectivity index (χ0) is 26.5. The summed E-state index contributed by atoms with van der Waals surface area (Å²) in [5.74, 6) is 0.824.